The topological polar surface area (TPSA) is 53.0 Å². The van der Waals surface area contributed by atoms with Crippen molar-refractivity contribution in [3.05, 3.63) is 138 Å². The van der Waals surface area contributed by atoms with Crippen LogP contribution in [0.2, 0.25) is 0 Å². The average Bonchev–Trinajstić information content (AvgIpc) is 3.54. The molecule has 41 heavy (non-hydrogen) atoms. The first kappa shape index (κ1) is 22.2. The Morgan fingerprint density at radius 2 is 1.29 bits per heavy atom. The van der Waals surface area contributed by atoms with Gasteiger partial charge in [0.1, 0.15) is 11.2 Å². The highest BCUT2D eigenvalue weighted by atomic mass is 16.3. The van der Waals surface area contributed by atoms with Gasteiger partial charge in [0, 0.05) is 45.3 Å². The van der Waals surface area contributed by atoms with Gasteiger partial charge in [0.15, 0.2) is 0 Å². The lowest BCUT2D eigenvalue weighted by molar-refractivity contribution is 0.660. The fourth-order valence-corrected chi connectivity index (χ4v) is 6.46. The summed E-state index contributed by atoms with van der Waals surface area (Å²) in [5.74, 6) is 0. The van der Waals surface area contributed by atoms with Crippen molar-refractivity contribution in [1.29, 1.82) is 0 Å². The Kier molecular flexibility index (Phi) is 4.41. The van der Waals surface area contributed by atoms with Crippen molar-refractivity contribution in [2.75, 3.05) is 0 Å². The quantitative estimate of drug-likeness (QED) is 0.212. The van der Waals surface area contributed by atoms with E-state index in [4.69, 9.17) is 4.42 Å². The summed E-state index contributed by atoms with van der Waals surface area (Å²) in [6, 6.07) is 38.7. The Balaban J connectivity index is 1.47. The summed E-state index contributed by atoms with van der Waals surface area (Å²) in [5, 5.41) is 5.64. The van der Waals surface area contributed by atoms with Crippen LogP contribution >= 0.6 is 0 Å². The zero-order valence-electron chi connectivity index (χ0n) is 21.8. The summed E-state index contributed by atoms with van der Waals surface area (Å²) in [4.78, 5) is 18.1. The highest BCUT2D eigenvalue weighted by Gasteiger charge is 2.21. The molecule has 0 aliphatic carbocycles. The van der Waals surface area contributed by atoms with Crippen molar-refractivity contribution < 1.29 is 4.42 Å². The monoisotopic (exact) mass is 527 g/mol. The van der Waals surface area contributed by atoms with Gasteiger partial charge in [-0.25, -0.2) is 0 Å². The Morgan fingerprint density at radius 1 is 0.537 bits per heavy atom. The van der Waals surface area contributed by atoms with E-state index in [0.717, 1.165) is 55.0 Å². The smallest absolute Gasteiger partial charge is 0.200 e. The largest absolute Gasteiger partial charge is 0.456 e. The van der Waals surface area contributed by atoms with E-state index in [1.807, 2.05) is 60.9 Å². The van der Waals surface area contributed by atoms with Crippen molar-refractivity contribution in [2.45, 2.75) is 0 Å². The molecule has 0 fully saturated rings. The fraction of sp³-hybridized carbons (Fsp3) is 0. The summed E-state index contributed by atoms with van der Waals surface area (Å²) >= 11 is 0. The predicted octanol–water partition coefficient (Wildman–Crippen LogP) is 8.54. The maximum absolute atomic E-state index is 13.6. The number of pyridine rings is 1. The van der Waals surface area contributed by atoms with Crippen LogP contribution in [-0.4, -0.2) is 14.1 Å². The molecule has 0 aliphatic heterocycles. The Morgan fingerprint density at radius 3 is 2.20 bits per heavy atom. The summed E-state index contributed by atoms with van der Waals surface area (Å²) in [6.07, 6.45) is 3.81. The zero-order chi connectivity index (χ0) is 27.1. The first-order chi connectivity index (χ1) is 20.3. The van der Waals surface area contributed by atoms with Crippen molar-refractivity contribution in [2.24, 2.45) is 0 Å². The Labute approximate surface area is 233 Å². The van der Waals surface area contributed by atoms with Gasteiger partial charge in [-0.3, -0.25) is 9.78 Å². The molecule has 4 heterocycles. The molecular formula is C36H21N3O2. The summed E-state index contributed by atoms with van der Waals surface area (Å²) in [5.41, 5.74) is 7.49. The zero-order valence-corrected chi connectivity index (χ0v) is 21.8. The second-order valence-corrected chi connectivity index (χ2v) is 10.4. The summed E-state index contributed by atoms with van der Waals surface area (Å²) < 4.78 is 10.7. The van der Waals surface area contributed by atoms with Crippen LogP contribution in [0.3, 0.4) is 0 Å². The molecule has 5 aromatic carbocycles. The first-order valence-electron chi connectivity index (χ1n) is 13.6. The van der Waals surface area contributed by atoms with Crippen LogP contribution < -0.4 is 5.43 Å². The third-order valence-corrected chi connectivity index (χ3v) is 8.20. The molecule has 0 saturated carbocycles. The Bertz CT molecular complexity index is 2550. The van der Waals surface area contributed by atoms with Gasteiger partial charge in [-0.15, -0.1) is 0 Å². The minimum absolute atomic E-state index is 0.0282. The van der Waals surface area contributed by atoms with Gasteiger partial charge in [0.2, 0.25) is 5.43 Å². The van der Waals surface area contributed by atoms with E-state index in [9.17, 15) is 4.79 Å². The molecule has 4 aromatic heterocycles. The van der Waals surface area contributed by atoms with Crippen molar-refractivity contribution in [3.8, 4) is 11.4 Å². The van der Waals surface area contributed by atoms with Crippen molar-refractivity contribution in [1.82, 2.24) is 14.1 Å². The SMILES string of the molecule is O=c1c2ccccc2oc2ccc(-n3c4ccccc4c4ccc5c(c6cnccc6n5-c5ccccc5)c43)cc12. The van der Waals surface area contributed by atoms with Crippen LogP contribution in [0.15, 0.2) is 137 Å². The minimum atomic E-state index is -0.0282. The number of hydrogen-bond donors (Lipinski definition) is 0. The number of nitrogens with zero attached hydrogens (tertiary/aromatic N) is 3. The van der Waals surface area contributed by atoms with Crippen molar-refractivity contribution >= 4 is 65.6 Å². The highest BCUT2D eigenvalue weighted by Crippen LogP contribution is 2.41. The van der Waals surface area contributed by atoms with Gasteiger partial charge in [-0.2, -0.15) is 0 Å². The van der Waals surface area contributed by atoms with Gasteiger partial charge in [-0.05, 0) is 60.7 Å². The molecular weight excluding hydrogens is 506 g/mol. The number of fused-ring (bicyclic) bond motifs is 9. The first-order valence-corrected chi connectivity index (χ1v) is 13.6. The van der Waals surface area contributed by atoms with Gasteiger partial charge < -0.3 is 13.6 Å². The van der Waals surface area contributed by atoms with Crippen LogP contribution in [0.4, 0.5) is 0 Å². The predicted molar refractivity (Wildman–Crippen MR) is 166 cm³/mol. The molecule has 5 heteroatoms. The lowest BCUT2D eigenvalue weighted by Crippen LogP contribution is -2.03. The standard InChI is InChI=1S/C36H21N3O2/c40-36-26-11-5-7-13-32(26)41-33-17-14-23(20-27(33)36)39-29-12-6-4-10-24(29)25-15-16-31-34(35(25)39)28-21-37-19-18-30(28)38(31)22-8-2-1-3-9-22/h1-21H. The maximum Gasteiger partial charge on any atom is 0.200 e. The Hall–Kier alpha value is -5.68. The summed E-state index contributed by atoms with van der Waals surface area (Å²) in [6.45, 7) is 0. The van der Waals surface area contributed by atoms with Crippen LogP contribution in [0, 0.1) is 0 Å². The van der Waals surface area contributed by atoms with Gasteiger partial charge in [-0.1, -0.05) is 54.6 Å². The van der Waals surface area contributed by atoms with Crippen LogP contribution in [0.25, 0.3) is 76.9 Å². The molecule has 9 rings (SSSR count). The molecule has 0 spiro atoms. The fourth-order valence-electron chi connectivity index (χ4n) is 6.46. The number of rotatable bonds is 2. The molecule has 0 saturated heterocycles. The van der Waals surface area contributed by atoms with E-state index in [1.165, 1.54) is 0 Å². The maximum atomic E-state index is 13.6. The molecule has 0 bridgehead atoms. The molecule has 0 unspecified atom stereocenters. The van der Waals surface area contributed by atoms with Gasteiger partial charge in [0.25, 0.3) is 0 Å². The molecule has 0 radical (unpaired) electrons. The molecule has 0 atom stereocenters. The highest BCUT2D eigenvalue weighted by molar-refractivity contribution is 6.26. The molecule has 0 N–H and O–H groups in total. The molecule has 0 aliphatic rings. The van der Waals surface area contributed by atoms with Crippen LogP contribution in [0.1, 0.15) is 0 Å². The third-order valence-electron chi connectivity index (χ3n) is 8.20. The minimum Gasteiger partial charge on any atom is -0.456 e. The van der Waals surface area contributed by atoms with Crippen LogP contribution in [0.5, 0.6) is 0 Å². The summed E-state index contributed by atoms with van der Waals surface area (Å²) in [7, 11) is 0. The number of aromatic nitrogens is 3. The lowest BCUT2D eigenvalue weighted by atomic mass is 10.1. The van der Waals surface area contributed by atoms with E-state index in [1.54, 1.807) is 0 Å². The number of hydrogen-bond acceptors (Lipinski definition) is 3. The average molecular weight is 528 g/mol. The van der Waals surface area contributed by atoms with Crippen LogP contribution in [-0.2, 0) is 0 Å². The molecule has 192 valence electrons. The second-order valence-electron chi connectivity index (χ2n) is 10.4. The third kappa shape index (κ3) is 3.00. The number of para-hydroxylation sites is 3. The number of benzene rings is 5. The molecule has 5 nitrogen and oxygen atoms in total. The normalized spacial score (nSPS) is 12.0. The van der Waals surface area contributed by atoms with E-state index < -0.39 is 0 Å². The van der Waals surface area contributed by atoms with E-state index >= 15 is 0 Å². The van der Waals surface area contributed by atoms with E-state index in [2.05, 4.69) is 80.8 Å². The van der Waals surface area contributed by atoms with Crippen molar-refractivity contribution in [3.63, 3.8) is 0 Å². The molecule has 0 amide bonds. The van der Waals surface area contributed by atoms with Gasteiger partial charge in [0.05, 0.1) is 32.8 Å². The van der Waals surface area contributed by atoms with Gasteiger partial charge >= 0.3 is 0 Å². The van der Waals surface area contributed by atoms with E-state index in [0.29, 0.717) is 21.9 Å². The van der Waals surface area contributed by atoms with E-state index in [-0.39, 0.29) is 5.43 Å². The lowest BCUT2D eigenvalue weighted by Gasteiger charge is -2.11. The second kappa shape index (κ2) is 8.16. The molecule has 9 aromatic rings.